The second-order valence-corrected chi connectivity index (χ2v) is 4.94. The summed E-state index contributed by atoms with van der Waals surface area (Å²) in [4.78, 5) is 14.0. The molecule has 1 amide bonds. The number of benzene rings is 1. The standard InChI is InChI=1S/C13H18ClN3O/c1-15-10-6-7-17(8-10)9-13(18)16-12-5-3-2-4-11(12)14/h2-5,10,15H,6-9H2,1H3,(H,16,18). The Morgan fingerprint density at radius 2 is 2.28 bits per heavy atom. The topological polar surface area (TPSA) is 44.4 Å². The second-order valence-electron chi connectivity index (χ2n) is 4.54. The Kier molecular flexibility index (Phi) is 4.58. The molecular formula is C13H18ClN3O. The van der Waals surface area contributed by atoms with Crippen LogP contribution in [0.4, 0.5) is 5.69 Å². The van der Waals surface area contributed by atoms with Crippen molar-refractivity contribution in [1.82, 2.24) is 10.2 Å². The zero-order valence-corrected chi connectivity index (χ0v) is 11.2. The van der Waals surface area contributed by atoms with Gasteiger partial charge in [0.1, 0.15) is 0 Å². The van der Waals surface area contributed by atoms with E-state index in [0.717, 1.165) is 19.5 Å². The van der Waals surface area contributed by atoms with Crippen molar-refractivity contribution in [1.29, 1.82) is 0 Å². The Morgan fingerprint density at radius 3 is 2.94 bits per heavy atom. The highest BCUT2D eigenvalue weighted by Gasteiger charge is 2.22. The summed E-state index contributed by atoms with van der Waals surface area (Å²) < 4.78 is 0. The molecule has 2 N–H and O–H groups in total. The van der Waals surface area contributed by atoms with E-state index in [9.17, 15) is 4.79 Å². The first-order valence-electron chi connectivity index (χ1n) is 6.13. The van der Waals surface area contributed by atoms with Gasteiger partial charge in [0.25, 0.3) is 0 Å². The summed E-state index contributed by atoms with van der Waals surface area (Å²) in [5.41, 5.74) is 0.675. The Labute approximate surface area is 112 Å². The molecule has 98 valence electrons. The molecule has 0 aliphatic carbocycles. The lowest BCUT2D eigenvalue weighted by Crippen LogP contribution is -2.34. The Hall–Kier alpha value is -1.10. The molecule has 5 heteroatoms. The zero-order valence-electron chi connectivity index (χ0n) is 10.4. The van der Waals surface area contributed by atoms with E-state index in [1.54, 1.807) is 12.1 Å². The van der Waals surface area contributed by atoms with Crippen LogP contribution in [-0.4, -0.2) is 43.5 Å². The molecule has 1 fully saturated rings. The highest BCUT2D eigenvalue weighted by atomic mass is 35.5. The maximum absolute atomic E-state index is 11.9. The van der Waals surface area contributed by atoms with Gasteiger partial charge in [-0.3, -0.25) is 9.69 Å². The number of hydrogen-bond donors (Lipinski definition) is 2. The van der Waals surface area contributed by atoms with Crippen molar-refractivity contribution in [3.05, 3.63) is 29.3 Å². The molecule has 1 aromatic carbocycles. The van der Waals surface area contributed by atoms with Crippen LogP contribution in [0.2, 0.25) is 5.02 Å². The molecule has 1 unspecified atom stereocenters. The van der Waals surface area contributed by atoms with Crippen molar-refractivity contribution in [2.24, 2.45) is 0 Å². The highest BCUT2D eigenvalue weighted by Crippen LogP contribution is 2.20. The number of rotatable bonds is 4. The van der Waals surface area contributed by atoms with Gasteiger partial charge in [0.05, 0.1) is 17.3 Å². The molecule has 0 radical (unpaired) electrons. The summed E-state index contributed by atoms with van der Waals surface area (Å²) in [5.74, 6) is -0.0140. The van der Waals surface area contributed by atoms with E-state index in [4.69, 9.17) is 11.6 Å². The minimum Gasteiger partial charge on any atom is -0.324 e. The van der Waals surface area contributed by atoms with E-state index in [0.29, 0.717) is 23.3 Å². The van der Waals surface area contributed by atoms with Crippen LogP contribution in [0.3, 0.4) is 0 Å². The quantitative estimate of drug-likeness (QED) is 0.871. The van der Waals surface area contributed by atoms with Gasteiger partial charge in [0.15, 0.2) is 0 Å². The summed E-state index contributed by atoms with van der Waals surface area (Å²) in [6.45, 7) is 2.30. The van der Waals surface area contributed by atoms with Gasteiger partial charge in [0, 0.05) is 19.1 Å². The van der Waals surface area contributed by atoms with Gasteiger partial charge in [-0.15, -0.1) is 0 Å². The van der Waals surface area contributed by atoms with Crippen molar-refractivity contribution in [3.8, 4) is 0 Å². The van der Waals surface area contributed by atoms with E-state index in [-0.39, 0.29) is 5.91 Å². The molecule has 1 aliphatic rings. The largest absolute Gasteiger partial charge is 0.324 e. The third-order valence-corrected chi connectivity index (χ3v) is 3.53. The number of likely N-dealkylation sites (N-methyl/N-ethyl adjacent to an activating group) is 1. The van der Waals surface area contributed by atoms with Crippen LogP contribution in [0.5, 0.6) is 0 Å². The van der Waals surface area contributed by atoms with Crippen LogP contribution >= 0.6 is 11.6 Å². The zero-order chi connectivity index (χ0) is 13.0. The van der Waals surface area contributed by atoms with Crippen molar-refractivity contribution < 1.29 is 4.79 Å². The first-order valence-corrected chi connectivity index (χ1v) is 6.51. The molecule has 1 aliphatic heterocycles. The van der Waals surface area contributed by atoms with E-state index in [1.807, 2.05) is 19.2 Å². The van der Waals surface area contributed by atoms with Crippen molar-refractivity contribution >= 4 is 23.2 Å². The first-order chi connectivity index (χ1) is 8.69. The fraction of sp³-hybridized carbons (Fsp3) is 0.462. The summed E-state index contributed by atoms with van der Waals surface area (Å²) in [7, 11) is 1.96. The van der Waals surface area contributed by atoms with Gasteiger partial charge in [-0.25, -0.2) is 0 Å². The molecule has 1 saturated heterocycles. The highest BCUT2D eigenvalue weighted by molar-refractivity contribution is 6.33. The van der Waals surface area contributed by atoms with Gasteiger partial charge in [-0.1, -0.05) is 23.7 Å². The maximum Gasteiger partial charge on any atom is 0.238 e. The molecule has 0 saturated carbocycles. The predicted octanol–water partition coefficient (Wildman–Crippen LogP) is 1.57. The lowest BCUT2D eigenvalue weighted by Gasteiger charge is -2.15. The molecular weight excluding hydrogens is 250 g/mol. The van der Waals surface area contributed by atoms with Crippen molar-refractivity contribution in [3.63, 3.8) is 0 Å². The smallest absolute Gasteiger partial charge is 0.238 e. The molecule has 1 atom stereocenters. The number of hydrogen-bond acceptors (Lipinski definition) is 3. The number of likely N-dealkylation sites (tertiary alicyclic amines) is 1. The van der Waals surface area contributed by atoms with Crippen LogP contribution in [0.1, 0.15) is 6.42 Å². The minimum absolute atomic E-state index is 0.0140. The normalized spacial score (nSPS) is 20.0. The Bertz CT molecular complexity index is 424. The van der Waals surface area contributed by atoms with Gasteiger partial charge in [0.2, 0.25) is 5.91 Å². The van der Waals surface area contributed by atoms with Gasteiger partial charge < -0.3 is 10.6 Å². The summed E-state index contributed by atoms with van der Waals surface area (Å²) >= 11 is 5.99. The summed E-state index contributed by atoms with van der Waals surface area (Å²) in [5, 5.41) is 6.64. The van der Waals surface area contributed by atoms with Crippen LogP contribution in [-0.2, 0) is 4.79 Å². The summed E-state index contributed by atoms with van der Waals surface area (Å²) in [6, 6.07) is 7.77. The number of carbonyl (C=O) groups is 1. The van der Waals surface area contributed by atoms with E-state index >= 15 is 0 Å². The number of anilines is 1. The average Bonchev–Trinajstić information content (AvgIpc) is 2.80. The average molecular weight is 268 g/mol. The fourth-order valence-corrected chi connectivity index (χ4v) is 2.35. The number of halogens is 1. The Morgan fingerprint density at radius 1 is 1.50 bits per heavy atom. The molecule has 0 spiro atoms. The SMILES string of the molecule is CNC1CCN(CC(=O)Nc2ccccc2Cl)C1. The molecule has 1 aromatic rings. The fourth-order valence-electron chi connectivity index (χ4n) is 2.17. The van der Waals surface area contributed by atoms with Crippen LogP contribution in [0, 0.1) is 0 Å². The lowest BCUT2D eigenvalue weighted by atomic mass is 10.3. The summed E-state index contributed by atoms with van der Waals surface area (Å²) in [6.07, 6.45) is 1.09. The number of carbonyl (C=O) groups excluding carboxylic acids is 1. The molecule has 2 rings (SSSR count). The lowest BCUT2D eigenvalue weighted by molar-refractivity contribution is -0.117. The van der Waals surface area contributed by atoms with Crippen molar-refractivity contribution in [2.45, 2.75) is 12.5 Å². The number of para-hydroxylation sites is 1. The van der Waals surface area contributed by atoms with E-state index < -0.39 is 0 Å². The molecule has 18 heavy (non-hydrogen) atoms. The molecule has 0 aromatic heterocycles. The van der Waals surface area contributed by atoms with E-state index in [1.165, 1.54) is 0 Å². The van der Waals surface area contributed by atoms with Crippen LogP contribution < -0.4 is 10.6 Å². The maximum atomic E-state index is 11.9. The Balaban J connectivity index is 1.84. The van der Waals surface area contributed by atoms with Crippen LogP contribution in [0.15, 0.2) is 24.3 Å². The number of amides is 1. The number of nitrogens with one attached hydrogen (secondary N) is 2. The van der Waals surface area contributed by atoms with Gasteiger partial charge in [-0.2, -0.15) is 0 Å². The van der Waals surface area contributed by atoms with Gasteiger partial charge in [-0.05, 0) is 25.6 Å². The molecule has 1 heterocycles. The van der Waals surface area contributed by atoms with Crippen LogP contribution in [0.25, 0.3) is 0 Å². The minimum atomic E-state index is -0.0140. The number of nitrogens with zero attached hydrogens (tertiary/aromatic N) is 1. The van der Waals surface area contributed by atoms with Crippen molar-refractivity contribution in [2.75, 3.05) is 32.0 Å². The van der Waals surface area contributed by atoms with Gasteiger partial charge >= 0.3 is 0 Å². The second kappa shape index (κ2) is 6.18. The monoisotopic (exact) mass is 267 g/mol. The first kappa shape index (κ1) is 13.3. The third-order valence-electron chi connectivity index (χ3n) is 3.20. The van der Waals surface area contributed by atoms with E-state index in [2.05, 4.69) is 15.5 Å². The molecule has 0 bridgehead atoms. The predicted molar refractivity (Wildman–Crippen MR) is 74.0 cm³/mol. The molecule has 4 nitrogen and oxygen atoms in total. The third kappa shape index (κ3) is 3.45.